The van der Waals surface area contributed by atoms with Gasteiger partial charge in [0.1, 0.15) is 5.82 Å². The molecule has 0 aliphatic carbocycles. The third-order valence-electron chi connectivity index (χ3n) is 4.04. The number of H-pyrrole nitrogens is 1. The first-order valence-electron chi connectivity index (χ1n) is 7.44. The van der Waals surface area contributed by atoms with Gasteiger partial charge in [0, 0.05) is 23.3 Å². The van der Waals surface area contributed by atoms with Crippen LogP contribution < -0.4 is 5.32 Å². The first kappa shape index (κ1) is 15.2. The predicted molar refractivity (Wildman–Crippen MR) is 87.4 cm³/mol. The fraction of sp³-hybridized carbons (Fsp3) is 0.222. The molecule has 4 nitrogen and oxygen atoms in total. The van der Waals surface area contributed by atoms with E-state index >= 15 is 0 Å². The van der Waals surface area contributed by atoms with Crippen molar-refractivity contribution in [1.82, 2.24) is 15.3 Å². The lowest BCUT2D eigenvalue weighted by Gasteiger charge is -2.23. The van der Waals surface area contributed by atoms with Gasteiger partial charge < -0.3 is 10.3 Å². The van der Waals surface area contributed by atoms with E-state index in [0.29, 0.717) is 6.54 Å². The van der Waals surface area contributed by atoms with Gasteiger partial charge in [0.2, 0.25) is 5.91 Å². The zero-order chi connectivity index (χ0) is 16.4. The van der Waals surface area contributed by atoms with Crippen LogP contribution in [0.3, 0.4) is 0 Å². The van der Waals surface area contributed by atoms with Gasteiger partial charge in [0.15, 0.2) is 0 Å². The second-order valence-electron chi connectivity index (χ2n) is 6.02. The first-order valence-corrected chi connectivity index (χ1v) is 7.44. The largest absolute Gasteiger partial charge is 0.361 e. The Morgan fingerprint density at radius 1 is 1.30 bits per heavy atom. The third-order valence-corrected chi connectivity index (χ3v) is 4.04. The van der Waals surface area contributed by atoms with Crippen molar-refractivity contribution < 1.29 is 9.18 Å². The summed E-state index contributed by atoms with van der Waals surface area (Å²) in [7, 11) is 0. The summed E-state index contributed by atoms with van der Waals surface area (Å²) in [6.45, 7) is 4.02. The molecule has 118 valence electrons. The van der Waals surface area contributed by atoms with Crippen molar-refractivity contribution in [1.29, 1.82) is 0 Å². The minimum Gasteiger partial charge on any atom is -0.361 e. The molecule has 23 heavy (non-hydrogen) atoms. The van der Waals surface area contributed by atoms with Crippen LogP contribution in [0, 0.1) is 5.82 Å². The van der Waals surface area contributed by atoms with E-state index in [-0.39, 0.29) is 11.7 Å². The molecule has 0 aliphatic rings. The number of hydrogen-bond donors (Lipinski definition) is 2. The third kappa shape index (κ3) is 2.95. The minimum absolute atomic E-state index is 0.131. The Kier molecular flexibility index (Phi) is 3.86. The second-order valence-corrected chi connectivity index (χ2v) is 6.02. The molecule has 3 rings (SSSR count). The van der Waals surface area contributed by atoms with Gasteiger partial charge in [-0.2, -0.15) is 0 Å². The van der Waals surface area contributed by atoms with Crippen molar-refractivity contribution in [2.75, 3.05) is 0 Å². The maximum Gasteiger partial charge on any atom is 0.230 e. The van der Waals surface area contributed by atoms with Crippen molar-refractivity contribution in [2.45, 2.75) is 25.8 Å². The summed E-state index contributed by atoms with van der Waals surface area (Å²) in [4.78, 5) is 19.9. The quantitative estimate of drug-likeness (QED) is 0.777. The number of rotatable bonds is 4. The molecule has 0 aliphatic heterocycles. The molecule has 0 bridgehead atoms. The molecular weight excluding hydrogens is 293 g/mol. The number of pyridine rings is 1. The maximum absolute atomic E-state index is 13.5. The normalized spacial score (nSPS) is 11.6. The Balaban J connectivity index is 1.84. The molecule has 0 fully saturated rings. The van der Waals surface area contributed by atoms with Crippen LogP contribution in [0.5, 0.6) is 0 Å². The average molecular weight is 311 g/mol. The molecule has 5 heteroatoms. The highest BCUT2D eigenvalue weighted by Crippen LogP contribution is 2.31. The molecule has 0 atom stereocenters. The summed E-state index contributed by atoms with van der Waals surface area (Å²) in [5.74, 6) is -0.448. The minimum atomic E-state index is -0.791. The van der Waals surface area contributed by atoms with Crippen LogP contribution in [-0.4, -0.2) is 15.9 Å². The van der Waals surface area contributed by atoms with Gasteiger partial charge in [0.25, 0.3) is 0 Å². The number of aromatic nitrogens is 2. The first-order chi connectivity index (χ1) is 11.0. The second kappa shape index (κ2) is 5.83. The van der Waals surface area contributed by atoms with Crippen LogP contribution in [-0.2, 0) is 16.8 Å². The van der Waals surface area contributed by atoms with Gasteiger partial charge in [-0.1, -0.05) is 6.07 Å². The van der Waals surface area contributed by atoms with Crippen molar-refractivity contribution in [3.8, 4) is 0 Å². The SMILES string of the molecule is CC(C)(C(=O)NCc1ccccn1)c1c[nH]c2ccc(F)cc12. The van der Waals surface area contributed by atoms with E-state index in [2.05, 4.69) is 15.3 Å². The highest BCUT2D eigenvalue weighted by atomic mass is 19.1. The van der Waals surface area contributed by atoms with Gasteiger partial charge in [0.05, 0.1) is 17.7 Å². The van der Waals surface area contributed by atoms with E-state index in [1.54, 1.807) is 18.5 Å². The molecule has 2 N–H and O–H groups in total. The Morgan fingerprint density at radius 3 is 2.87 bits per heavy atom. The molecule has 3 aromatic rings. The number of fused-ring (bicyclic) bond motifs is 1. The van der Waals surface area contributed by atoms with Crippen LogP contribution in [0.2, 0.25) is 0 Å². The fourth-order valence-corrected chi connectivity index (χ4v) is 2.63. The molecule has 0 radical (unpaired) electrons. The number of amides is 1. The lowest BCUT2D eigenvalue weighted by atomic mass is 9.83. The van der Waals surface area contributed by atoms with Gasteiger partial charge in [-0.25, -0.2) is 4.39 Å². The summed E-state index contributed by atoms with van der Waals surface area (Å²) in [6.07, 6.45) is 3.46. The highest BCUT2D eigenvalue weighted by molar-refractivity contribution is 5.94. The summed E-state index contributed by atoms with van der Waals surface area (Å²) in [6, 6.07) is 10.1. The van der Waals surface area contributed by atoms with Gasteiger partial charge in [-0.15, -0.1) is 0 Å². The Bertz CT molecular complexity index is 840. The highest BCUT2D eigenvalue weighted by Gasteiger charge is 2.32. The number of carbonyl (C=O) groups is 1. The molecule has 0 saturated heterocycles. The number of nitrogens with zero attached hydrogens (tertiary/aromatic N) is 1. The molecule has 1 amide bonds. The average Bonchev–Trinajstić information content (AvgIpc) is 2.97. The van der Waals surface area contributed by atoms with E-state index < -0.39 is 5.41 Å². The van der Waals surface area contributed by atoms with Crippen LogP contribution in [0.15, 0.2) is 48.8 Å². The fourth-order valence-electron chi connectivity index (χ4n) is 2.63. The topological polar surface area (TPSA) is 57.8 Å². The van der Waals surface area contributed by atoms with E-state index in [0.717, 1.165) is 22.2 Å². The molecule has 2 aromatic heterocycles. The summed E-state index contributed by atoms with van der Waals surface area (Å²) >= 11 is 0. The molecule has 0 saturated carbocycles. The van der Waals surface area contributed by atoms with Gasteiger partial charge in [-0.05, 0) is 49.7 Å². The van der Waals surface area contributed by atoms with Crippen molar-refractivity contribution >= 4 is 16.8 Å². The number of benzene rings is 1. The van der Waals surface area contributed by atoms with Gasteiger partial charge >= 0.3 is 0 Å². The van der Waals surface area contributed by atoms with Crippen molar-refractivity contribution in [3.63, 3.8) is 0 Å². The van der Waals surface area contributed by atoms with Crippen LogP contribution in [0.1, 0.15) is 25.1 Å². The van der Waals surface area contributed by atoms with E-state index in [1.807, 2.05) is 32.0 Å². The number of hydrogen-bond acceptors (Lipinski definition) is 2. The molecular formula is C18H18FN3O. The Labute approximate surface area is 133 Å². The molecule has 1 aromatic carbocycles. The smallest absolute Gasteiger partial charge is 0.230 e. The molecule has 0 spiro atoms. The van der Waals surface area contributed by atoms with Crippen LogP contribution in [0.25, 0.3) is 10.9 Å². The van der Waals surface area contributed by atoms with E-state index in [9.17, 15) is 9.18 Å². The molecule has 0 unspecified atom stereocenters. The molecule has 2 heterocycles. The summed E-state index contributed by atoms with van der Waals surface area (Å²) < 4.78 is 13.5. The van der Waals surface area contributed by atoms with Crippen LogP contribution >= 0.6 is 0 Å². The maximum atomic E-state index is 13.5. The van der Waals surface area contributed by atoms with Crippen LogP contribution in [0.4, 0.5) is 4.39 Å². The zero-order valence-electron chi connectivity index (χ0n) is 13.1. The van der Waals surface area contributed by atoms with Crippen molar-refractivity contribution in [2.24, 2.45) is 0 Å². The van der Waals surface area contributed by atoms with Gasteiger partial charge in [-0.3, -0.25) is 9.78 Å². The number of halogens is 1. The number of aromatic amines is 1. The summed E-state index contributed by atoms with van der Waals surface area (Å²) in [5.41, 5.74) is 1.58. The number of nitrogens with one attached hydrogen (secondary N) is 2. The predicted octanol–water partition coefficient (Wildman–Crippen LogP) is 3.30. The Hall–Kier alpha value is -2.69. The lowest BCUT2D eigenvalue weighted by Crippen LogP contribution is -2.39. The van der Waals surface area contributed by atoms with Crippen molar-refractivity contribution in [3.05, 3.63) is 65.9 Å². The standard InChI is InChI=1S/C18H18FN3O/c1-18(2,17(23)22-10-13-5-3-4-8-20-13)15-11-21-16-7-6-12(19)9-14(15)16/h3-9,11,21H,10H2,1-2H3,(H,22,23). The lowest BCUT2D eigenvalue weighted by molar-refractivity contribution is -0.125. The zero-order valence-corrected chi connectivity index (χ0v) is 13.1. The summed E-state index contributed by atoms with van der Waals surface area (Å²) in [5, 5.41) is 3.62. The van der Waals surface area contributed by atoms with E-state index in [1.165, 1.54) is 12.1 Å². The monoisotopic (exact) mass is 311 g/mol. The Morgan fingerprint density at radius 2 is 2.13 bits per heavy atom. The van der Waals surface area contributed by atoms with E-state index in [4.69, 9.17) is 0 Å². The number of carbonyl (C=O) groups excluding carboxylic acids is 1.